The van der Waals surface area contributed by atoms with Crippen molar-refractivity contribution >= 4 is 40.7 Å². The van der Waals surface area contributed by atoms with Gasteiger partial charge < -0.3 is 5.32 Å². The lowest BCUT2D eigenvalue weighted by Crippen LogP contribution is -2.22. The quantitative estimate of drug-likeness (QED) is 0.526. The number of benzene rings is 3. The zero-order valence-corrected chi connectivity index (χ0v) is 18.1. The van der Waals surface area contributed by atoms with E-state index in [1.54, 1.807) is 11.8 Å². The average Bonchev–Trinajstić information content (AvgIpc) is 2.86. The molecule has 3 aromatic carbocycles. The standard InChI is InChI=1S/C24H21ClN2OS/c1-14-4-5-15(2)23-22(14)16(3)27-20-12-18(8-11-21(20)29-23)24(28)26-13-17-6-9-19(25)10-7-17/h4-12H,13H2,1-3H3,(H,26,28). The van der Waals surface area contributed by atoms with E-state index in [1.807, 2.05) is 49.4 Å². The monoisotopic (exact) mass is 420 g/mol. The molecule has 0 aliphatic carbocycles. The summed E-state index contributed by atoms with van der Waals surface area (Å²) in [6, 6.07) is 17.5. The number of aryl methyl sites for hydroxylation is 2. The maximum absolute atomic E-state index is 12.7. The van der Waals surface area contributed by atoms with Crippen molar-refractivity contribution in [2.75, 3.05) is 0 Å². The Bertz CT molecular complexity index is 1140. The first-order valence-corrected chi connectivity index (χ1v) is 10.6. The second-order valence-electron chi connectivity index (χ2n) is 7.19. The Morgan fingerprint density at radius 2 is 1.72 bits per heavy atom. The Labute approximate surface area is 180 Å². The van der Waals surface area contributed by atoms with Crippen LogP contribution in [-0.2, 0) is 6.54 Å². The molecule has 0 fully saturated rings. The molecular weight excluding hydrogens is 400 g/mol. The van der Waals surface area contributed by atoms with Crippen molar-refractivity contribution in [3.05, 3.63) is 87.4 Å². The number of nitrogens with one attached hydrogen (secondary N) is 1. The number of amides is 1. The van der Waals surface area contributed by atoms with E-state index in [1.165, 1.54) is 21.6 Å². The normalized spacial score (nSPS) is 12.5. The van der Waals surface area contributed by atoms with Crippen LogP contribution in [0.15, 0.2) is 69.4 Å². The van der Waals surface area contributed by atoms with E-state index in [-0.39, 0.29) is 5.91 Å². The summed E-state index contributed by atoms with van der Waals surface area (Å²) in [5.41, 5.74) is 7.07. The van der Waals surface area contributed by atoms with Crippen LogP contribution in [0.2, 0.25) is 5.02 Å². The predicted molar refractivity (Wildman–Crippen MR) is 121 cm³/mol. The molecule has 0 bridgehead atoms. The maximum atomic E-state index is 12.7. The molecule has 4 rings (SSSR count). The molecule has 3 aromatic rings. The molecular formula is C24H21ClN2OS. The first kappa shape index (κ1) is 19.7. The van der Waals surface area contributed by atoms with Crippen LogP contribution in [0, 0.1) is 13.8 Å². The third kappa shape index (κ3) is 4.09. The SMILES string of the molecule is CC1=Nc2cc(C(=O)NCc3ccc(Cl)cc3)ccc2Sc2c(C)ccc(C)c21. The minimum atomic E-state index is -0.116. The van der Waals surface area contributed by atoms with Crippen LogP contribution in [0.1, 0.15) is 39.5 Å². The molecule has 1 aliphatic heterocycles. The summed E-state index contributed by atoms with van der Waals surface area (Å²) in [7, 11) is 0. The number of carbonyl (C=O) groups excluding carboxylic acids is 1. The van der Waals surface area contributed by atoms with Gasteiger partial charge in [0.2, 0.25) is 0 Å². The van der Waals surface area contributed by atoms with E-state index in [2.05, 4.69) is 31.3 Å². The Morgan fingerprint density at radius 3 is 2.48 bits per heavy atom. The van der Waals surface area contributed by atoms with Gasteiger partial charge in [-0.05, 0) is 67.8 Å². The molecule has 29 heavy (non-hydrogen) atoms. The molecule has 1 heterocycles. The second-order valence-corrected chi connectivity index (χ2v) is 8.68. The minimum Gasteiger partial charge on any atom is -0.348 e. The third-order valence-electron chi connectivity index (χ3n) is 5.01. The molecule has 1 N–H and O–H groups in total. The lowest BCUT2D eigenvalue weighted by Gasteiger charge is -2.12. The van der Waals surface area contributed by atoms with Crippen molar-refractivity contribution in [2.45, 2.75) is 37.1 Å². The van der Waals surface area contributed by atoms with Gasteiger partial charge in [0.15, 0.2) is 0 Å². The fraction of sp³-hybridized carbons (Fsp3) is 0.167. The summed E-state index contributed by atoms with van der Waals surface area (Å²) in [5, 5.41) is 3.65. The predicted octanol–water partition coefficient (Wildman–Crippen LogP) is 6.49. The van der Waals surface area contributed by atoms with Crippen LogP contribution >= 0.6 is 23.4 Å². The molecule has 1 amide bonds. The van der Waals surface area contributed by atoms with E-state index in [0.29, 0.717) is 17.1 Å². The van der Waals surface area contributed by atoms with Crippen molar-refractivity contribution in [1.29, 1.82) is 0 Å². The molecule has 0 radical (unpaired) electrons. The molecule has 0 saturated heterocycles. The summed E-state index contributed by atoms with van der Waals surface area (Å²) >= 11 is 7.64. The number of aliphatic imine (C=N–C) groups is 1. The highest BCUT2D eigenvalue weighted by molar-refractivity contribution is 7.99. The van der Waals surface area contributed by atoms with Crippen molar-refractivity contribution in [3.63, 3.8) is 0 Å². The largest absolute Gasteiger partial charge is 0.348 e. The topological polar surface area (TPSA) is 41.5 Å². The van der Waals surface area contributed by atoms with Crippen molar-refractivity contribution in [3.8, 4) is 0 Å². The Hall–Kier alpha value is -2.56. The number of hydrogen-bond donors (Lipinski definition) is 1. The van der Waals surface area contributed by atoms with E-state index in [0.717, 1.165) is 21.9 Å². The van der Waals surface area contributed by atoms with Crippen LogP contribution in [0.5, 0.6) is 0 Å². The molecule has 0 spiro atoms. The van der Waals surface area contributed by atoms with Crippen LogP contribution in [-0.4, -0.2) is 11.6 Å². The van der Waals surface area contributed by atoms with Gasteiger partial charge in [-0.2, -0.15) is 0 Å². The number of rotatable bonds is 3. The zero-order valence-electron chi connectivity index (χ0n) is 16.5. The fourth-order valence-electron chi connectivity index (χ4n) is 3.43. The average molecular weight is 421 g/mol. The van der Waals surface area contributed by atoms with Gasteiger partial charge in [-0.3, -0.25) is 9.79 Å². The Kier molecular flexibility index (Phi) is 5.48. The maximum Gasteiger partial charge on any atom is 0.251 e. The molecule has 5 heteroatoms. The molecule has 0 atom stereocenters. The summed E-state index contributed by atoms with van der Waals surface area (Å²) in [5.74, 6) is -0.116. The summed E-state index contributed by atoms with van der Waals surface area (Å²) in [4.78, 5) is 19.8. The van der Waals surface area contributed by atoms with E-state index < -0.39 is 0 Å². The molecule has 3 nitrogen and oxygen atoms in total. The molecule has 0 unspecified atom stereocenters. The van der Waals surface area contributed by atoms with Gasteiger partial charge in [0.25, 0.3) is 5.91 Å². The van der Waals surface area contributed by atoms with E-state index in [4.69, 9.17) is 16.6 Å². The van der Waals surface area contributed by atoms with E-state index >= 15 is 0 Å². The number of carbonyl (C=O) groups is 1. The summed E-state index contributed by atoms with van der Waals surface area (Å²) < 4.78 is 0. The van der Waals surface area contributed by atoms with Crippen molar-refractivity contribution in [2.24, 2.45) is 4.99 Å². The van der Waals surface area contributed by atoms with Gasteiger partial charge >= 0.3 is 0 Å². The van der Waals surface area contributed by atoms with Gasteiger partial charge in [-0.1, -0.05) is 47.6 Å². The summed E-state index contributed by atoms with van der Waals surface area (Å²) in [6.07, 6.45) is 0. The number of hydrogen-bond acceptors (Lipinski definition) is 3. The van der Waals surface area contributed by atoms with Crippen LogP contribution in [0.3, 0.4) is 0 Å². The molecule has 1 aliphatic rings. The third-order valence-corrected chi connectivity index (χ3v) is 6.56. The molecule has 146 valence electrons. The highest BCUT2D eigenvalue weighted by Gasteiger charge is 2.20. The zero-order chi connectivity index (χ0) is 20.5. The Morgan fingerprint density at radius 1 is 1.00 bits per heavy atom. The van der Waals surface area contributed by atoms with Gasteiger partial charge in [-0.15, -0.1) is 0 Å². The minimum absolute atomic E-state index is 0.116. The van der Waals surface area contributed by atoms with Crippen molar-refractivity contribution < 1.29 is 4.79 Å². The fourth-order valence-corrected chi connectivity index (χ4v) is 4.76. The van der Waals surface area contributed by atoms with Crippen molar-refractivity contribution in [1.82, 2.24) is 5.32 Å². The number of nitrogens with zero attached hydrogens (tertiary/aromatic N) is 1. The van der Waals surface area contributed by atoms with Gasteiger partial charge in [0.1, 0.15) is 0 Å². The lowest BCUT2D eigenvalue weighted by atomic mass is 10.0. The first-order valence-electron chi connectivity index (χ1n) is 9.43. The lowest BCUT2D eigenvalue weighted by molar-refractivity contribution is 0.0951. The van der Waals surface area contributed by atoms with Crippen LogP contribution < -0.4 is 5.32 Å². The van der Waals surface area contributed by atoms with Gasteiger partial charge in [0, 0.05) is 38.2 Å². The number of halogens is 1. The first-order chi connectivity index (χ1) is 13.9. The molecule has 0 saturated carbocycles. The van der Waals surface area contributed by atoms with Crippen LogP contribution in [0.4, 0.5) is 5.69 Å². The van der Waals surface area contributed by atoms with E-state index in [9.17, 15) is 4.79 Å². The molecule has 0 aromatic heterocycles. The summed E-state index contributed by atoms with van der Waals surface area (Å²) in [6.45, 7) is 6.73. The smallest absolute Gasteiger partial charge is 0.251 e. The number of fused-ring (bicyclic) bond motifs is 2. The Balaban J connectivity index is 1.60. The highest BCUT2D eigenvalue weighted by Crippen LogP contribution is 2.43. The van der Waals surface area contributed by atoms with Gasteiger partial charge in [0.05, 0.1) is 5.69 Å². The van der Waals surface area contributed by atoms with Crippen LogP contribution in [0.25, 0.3) is 0 Å². The van der Waals surface area contributed by atoms with Gasteiger partial charge in [-0.25, -0.2) is 0 Å². The second kappa shape index (κ2) is 8.05. The highest BCUT2D eigenvalue weighted by atomic mass is 35.5.